The molecule has 8 heteroatoms. The van der Waals surface area contributed by atoms with Crippen molar-refractivity contribution in [3.8, 4) is 5.75 Å². The molecule has 2 N–H and O–H groups in total. The van der Waals surface area contributed by atoms with Crippen LogP contribution in [-0.2, 0) is 14.3 Å². The van der Waals surface area contributed by atoms with Crippen molar-refractivity contribution in [2.24, 2.45) is 0 Å². The molecule has 1 unspecified atom stereocenters. The first kappa shape index (κ1) is 21.1. The summed E-state index contributed by atoms with van der Waals surface area (Å²) in [7, 11) is -3.74. The van der Waals surface area contributed by atoms with Crippen molar-refractivity contribution in [1.82, 2.24) is 10.2 Å². The molecular formula is C18H30N2O5S. The lowest BCUT2D eigenvalue weighted by Gasteiger charge is -2.36. The molecule has 0 radical (unpaired) electrons. The van der Waals surface area contributed by atoms with E-state index >= 15 is 0 Å². The zero-order chi connectivity index (χ0) is 19.2. The Kier molecular flexibility index (Phi) is 7.42. The number of hydrogen-bond acceptors (Lipinski definition) is 7. The van der Waals surface area contributed by atoms with Crippen LogP contribution in [0.4, 0.5) is 0 Å². The van der Waals surface area contributed by atoms with Crippen molar-refractivity contribution in [3.05, 3.63) is 24.3 Å². The number of aliphatic hydroxyl groups excluding tert-OH is 1. The third kappa shape index (κ3) is 5.92. The Morgan fingerprint density at radius 3 is 2.42 bits per heavy atom. The van der Waals surface area contributed by atoms with Crippen LogP contribution in [-0.4, -0.2) is 69.5 Å². The first-order valence-corrected chi connectivity index (χ1v) is 10.4. The molecule has 2 rings (SSSR count). The summed E-state index contributed by atoms with van der Waals surface area (Å²) in [6.07, 6.45) is -0.0450. The number of β-amino-alcohol motifs (C(OH)–C–C–N with tert-alkyl or cyclic N) is 1. The number of aliphatic hydroxyl groups is 1. The summed E-state index contributed by atoms with van der Waals surface area (Å²) in [5.74, 6) is 0.504. The Morgan fingerprint density at radius 2 is 1.85 bits per heavy atom. The van der Waals surface area contributed by atoms with E-state index in [2.05, 4.69) is 10.2 Å². The van der Waals surface area contributed by atoms with Gasteiger partial charge in [-0.25, -0.2) is 0 Å². The summed E-state index contributed by atoms with van der Waals surface area (Å²) in [6.45, 7) is 9.84. The minimum absolute atomic E-state index is 0.0949. The molecule has 0 bridgehead atoms. The number of nitrogens with one attached hydrogen (secondary N) is 1. The van der Waals surface area contributed by atoms with Gasteiger partial charge >= 0.3 is 0 Å². The van der Waals surface area contributed by atoms with Crippen molar-refractivity contribution < 1.29 is 22.4 Å². The molecule has 0 amide bonds. The summed E-state index contributed by atoms with van der Waals surface area (Å²) in [5, 5.41) is 13.9. The Labute approximate surface area is 156 Å². The molecule has 7 nitrogen and oxygen atoms in total. The molecule has 1 heterocycles. The van der Waals surface area contributed by atoms with E-state index in [1.54, 1.807) is 12.1 Å². The van der Waals surface area contributed by atoms with Crippen LogP contribution >= 0.6 is 0 Å². The van der Waals surface area contributed by atoms with Gasteiger partial charge in [0.15, 0.2) is 0 Å². The predicted octanol–water partition coefficient (Wildman–Crippen LogP) is 1.23. The largest absolute Gasteiger partial charge is 0.485 e. The van der Waals surface area contributed by atoms with Gasteiger partial charge in [-0.3, -0.25) is 9.08 Å². The molecule has 0 spiro atoms. The molecule has 1 aliphatic heterocycles. The fourth-order valence-electron chi connectivity index (χ4n) is 2.67. The molecule has 1 aliphatic rings. The van der Waals surface area contributed by atoms with Gasteiger partial charge < -0.3 is 15.2 Å². The van der Waals surface area contributed by atoms with Crippen LogP contribution in [0.2, 0.25) is 0 Å². The minimum atomic E-state index is -3.74. The van der Waals surface area contributed by atoms with Crippen molar-refractivity contribution in [3.63, 3.8) is 0 Å². The Bertz CT molecular complexity index is 655. The van der Waals surface area contributed by atoms with Gasteiger partial charge in [0.2, 0.25) is 0 Å². The first-order chi connectivity index (χ1) is 12.2. The Morgan fingerprint density at radius 1 is 1.23 bits per heavy atom. The van der Waals surface area contributed by atoms with Crippen LogP contribution in [0.3, 0.4) is 0 Å². The lowest BCUT2D eigenvalue weighted by molar-refractivity contribution is -0.0456. The van der Waals surface area contributed by atoms with E-state index in [4.69, 9.17) is 8.92 Å². The molecule has 26 heavy (non-hydrogen) atoms. The van der Waals surface area contributed by atoms with Crippen LogP contribution in [0.25, 0.3) is 0 Å². The number of hydrogen-bond donors (Lipinski definition) is 2. The van der Waals surface area contributed by atoms with E-state index in [1.807, 2.05) is 20.8 Å². The van der Waals surface area contributed by atoms with Gasteiger partial charge in [-0.05, 0) is 44.5 Å². The maximum absolute atomic E-state index is 12.0. The number of ether oxygens (including phenoxy) is 1. The van der Waals surface area contributed by atoms with Gasteiger partial charge in [0.25, 0.3) is 10.1 Å². The lowest BCUT2D eigenvalue weighted by atomic mass is 10.0. The topological polar surface area (TPSA) is 88.1 Å². The van der Waals surface area contributed by atoms with Gasteiger partial charge in [-0.1, -0.05) is 6.92 Å². The van der Waals surface area contributed by atoms with Crippen molar-refractivity contribution in [2.75, 3.05) is 39.3 Å². The Hall–Kier alpha value is -1.19. The molecule has 0 aliphatic carbocycles. The van der Waals surface area contributed by atoms with Gasteiger partial charge in [0, 0.05) is 32.7 Å². The molecular weight excluding hydrogens is 356 g/mol. The summed E-state index contributed by atoms with van der Waals surface area (Å²) in [6, 6.07) is 6.08. The molecule has 1 fully saturated rings. The SMILES string of the molecule is CCCOS(=O)(=O)c1ccc(OC(C)(C)C(O)CN2CCNCC2)cc1. The van der Waals surface area contributed by atoms with Crippen LogP contribution in [0, 0.1) is 0 Å². The van der Waals surface area contributed by atoms with Gasteiger partial charge in [-0.15, -0.1) is 0 Å². The van der Waals surface area contributed by atoms with E-state index < -0.39 is 21.8 Å². The minimum Gasteiger partial charge on any atom is -0.485 e. The van der Waals surface area contributed by atoms with Gasteiger partial charge in [0.05, 0.1) is 11.5 Å². The third-order valence-electron chi connectivity index (χ3n) is 4.38. The number of nitrogens with zero attached hydrogens (tertiary/aromatic N) is 1. The highest BCUT2D eigenvalue weighted by molar-refractivity contribution is 7.86. The highest BCUT2D eigenvalue weighted by Crippen LogP contribution is 2.24. The average molecular weight is 387 g/mol. The molecule has 0 saturated carbocycles. The summed E-state index contributed by atoms with van der Waals surface area (Å²) < 4.78 is 34.8. The zero-order valence-corrected chi connectivity index (χ0v) is 16.6. The van der Waals surface area contributed by atoms with Crippen LogP contribution < -0.4 is 10.1 Å². The summed E-state index contributed by atoms with van der Waals surface area (Å²) >= 11 is 0. The second kappa shape index (κ2) is 9.14. The number of rotatable bonds is 9. The molecule has 1 aromatic rings. The highest BCUT2D eigenvalue weighted by atomic mass is 32.2. The highest BCUT2D eigenvalue weighted by Gasteiger charge is 2.32. The third-order valence-corrected chi connectivity index (χ3v) is 5.71. The molecule has 148 valence electrons. The molecule has 0 aromatic heterocycles. The zero-order valence-electron chi connectivity index (χ0n) is 15.8. The van der Waals surface area contributed by atoms with E-state index in [-0.39, 0.29) is 11.5 Å². The van der Waals surface area contributed by atoms with E-state index in [1.165, 1.54) is 12.1 Å². The maximum Gasteiger partial charge on any atom is 0.296 e. The Balaban J connectivity index is 1.97. The first-order valence-electron chi connectivity index (χ1n) is 9.04. The van der Waals surface area contributed by atoms with E-state index in [0.717, 1.165) is 26.2 Å². The van der Waals surface area contributed by atoms with Crippen LogP contribution in [0.1, 0.15) is 27.2 Å². The van der Waals surface area contributed by atoms with Crippen molar-refractivity contribution >= 4 is 10.1 Å². The smallest absolute Gasteiger partial charge is 0.296 e. The average Bonchev–Trinajstić information content (AvgIpc) is 2.61. The summed E-state index contributed by atoms with van der Waals surface area (Å²) in [5.41, 5.74) is -0.802. The maximum atomic E-state index is 12.0. The fraction of sp³-hybridized carbons (Fsp3) is 0.667. The predicted molar refractivity (Wildman–Crippen MR) is 99.9 cm³/mol. The van der Waals surface area contributed by atoms with Crippen LogP contribution in [0.15, 0.2) is 29.2 Å². The van der Waals surface area contributed by atoms with Crippen LogP contribution in [0.5, 0.6) is 5.75 Å². The number of benzene rings is 1. The normalized spacial score (nSPS) is 17.8. The van der Waals surface area contributed by atoms with Crippen molar-refractivity contribution in [1.29, 1.82) is 0 Å². The lowest BCUT2D eigenvalue weighted by Crippen LogP contribution is -2.52. The van der Waals surface area contributed by atoms with E-state index in [0.29, 0.717) is 18.7 Å². The standard InChI is InChI=1S/C18H30N2O5S/c1-4-13-24-26(22,23)16-7-5-15(6-8-16)25-18(2,3)17(21)14-20-11-9-19-10-12-20/h5-8,17,19,21H,4,9-14H2,1-3H3. The molecule has 1 saturated heterocycles. The second-order valence-electron chi connectivity index (χ2n) is 7.02. The monoisotopic (exact) mass is 386 g/mol. The quantitative estimate of drug-likeness (QED) is 0.617. The fourth-order valence-corrected chi connectivity index (χ4v) is 3.66. The molecule has 1 aromatic carbocycles. The van der Waals surface area contributed by atoms with Crippen molar-refractivity contribution in [2.45, 2.75) is 43.8 Å². The van der Waals surface area contributed by atoms with Gasteiger partial charge in [0.1, 0.15) is 17.5 Å². The number of piperazine rings is 1. The molecule has 1 atom stereocenters. The summed E-state index contributed by atoms with van der Waals surface area (Å²) in [4.78, 5) is 2.30. The van der Waals surface area contributed by atoms with Gasteiger partial charge in [-0.2, -0.15) is 8.42 Å². The van der Waals surface area contributed by atoms with E-state index in [9.17, 15) is 13.5 Å². The second-order valence-corrected chi connectivity index (χ2v) is 8.63.